The van der Waals surface area contributed by atoms with Crippen LogP contribution in [0, 0.1) is 20.8 Å². The quantitative estimate of drug-likeness (QED) is 0.152. The van der Waals surface area contributed by atoms with Crippen molar-refractivity contribution in [3.63, 3.8) is 0 Å². The SMILES string of the molecule is CCCn1cc(-c2csc(Nc3ccc(Cl)cn3)n2)c(C)n1.CCCn1cc(-c2csc(Nc3cccc(C)n3)n2)c(C)n1. The van der Waals surface area contributed by atoms with Crippen LogP contribution in [0.2, 0.25) is 5.02 Å². The van der Waals surface area contributed by atoms with Gasteiger partial charge in [-0.3, -0.25) is 9.36 Å². The zero-order valence-corrected chi connectivity index (χ0v) is 27.8. The number of rotatable bonds is 10. The van der Waals surface area contributed by atoms with Gasteiger partial charge in [0.05, 0.1) is 27.8 Å². The summed E-state index contributed by atoms with van der Waals surface area (Å²) in [7, 11) is 0. The van der Waals surface area contributed by atoms with E-state index < -0.39 is 0 Å². The van der Waals surface area contributed by atoms with E-state index in [1.165, 1.54) is 0 Å². The van der Waals surface area contributed by atoms with Crippen LogP contribution in [-0.4, -0.2) is 39.5 Å². The first-order chi connectivity index (χ1) is 21.3. The number of aryl methyl sites for hydroxylation is 5. The van der Waals surface area contributed by atoms with E-state index in [4.69, 9.17) is 11.6 Å². The third kappa shape index (κ3) is 8.07. The van der Waals surface area contributed by atoms with Crippen molar-refractivity contribution in [3.05, 3.63) is 81.8 Å². The molecule has 0 amide bonds. The van der Waals surface area contributed by atoms with E-state index in [1.807, 2.05) is 59.8 Å². The minimum Gasteiger partial charge on any atom is -0.316 e. The number of thiazole rings is 2. The fourth-order valence-electron chi connectivity index (χ4n) is 4.42. The molecule has 0 atom stereocenters. The third-order valence-corrected chi connectivity index (χ3v) is 8.18. The van der Waals surface area contributed by atoms with Gasteiger partial charge in [0.25, 0.3) is 0 Å². The Labute approximate surface area is 270 Å². The van der Waals surface area contributed by atoms with Crippen molar-refractivity contribution in [3.8, 4) is 22.5 Å². The molecule has 13 heteroatoms. The van der Waals surface area contributed by atoms with E-state index in [9.17, 15) is 0 Å². The maximum Gasteiger partial charge on any atom is 0.188 e. The summed E-state index contributed by atoms with van der Waals surface area (Å²) < 4.78 is 3.96. The van der Waals surface area contributed by atoms with Gasteiger partial charge < -0.3 is 10.6 Å². The molecule has 0 saturated heterocycles. The zero-order chi connectivity index (χ0) is 31.1. The Morgan fingerprint density at radius 2 is 1.30 bits per heavy atom. The number of anilines is 4. The molecule has 10 nitrogen and oxygen atoms in total. The minimum absolute atomic E-state index is 0.615. The van der Waals surface area contributed by atoms with Crippen molar-refractivity contribution >= 4 is 56.2 Å². The summed E-state index contributed by atoms with van der Waals surface area (Å²) in [6, 6.07) is 9.53. The van der Waals surface area contributed by atoms with Gasteiger partial charge in [0, 0.05) is 59.3 Å². The molecule has 6 heterocycles. The van der Waals surface area contributed by atoms with Crippen molar-refractivity contribution in [2.45, 2.75) is 60.5 Å². The molecular weight excluding hydrogens is 612 g/mol. The molecule has 0 fully saturated rings. The van der Waals surface area contributed by atoms with Crippen LogP contribution in [0.15, 0.2) is 59.7 Å². The average molecular weight is 647 g/mol. The van der Waals surface area contributed by atoms with Crippen molar-refractivity contribution < 1.29 is 0 Å². The van der Waals surface area contributed by atoms with Crippen molar-refractivity contribution in [1.82, 2.24) is 39.5 Å². The van der Waals surface area contributed by atoms with Crippen LogP contribution in [-0.2, 0) is 13.1 Å². The van der Waals surface area contributed by atoms with E-state index in [1.54, 1.807) is 34.9 Å². The number of aromatic nitrogens is 8. The van der Waals surface area contributed by atoms with Gasteiger partial charge in [-0.25, -0.2) is 19.9 Å². The number of nitrogens with one attached hydrogen (secondary N) is 2. The molecule has 0 aliphatic carbocycles. The number of halogens is 1. The summed E-state index contributed by atoms with van der Waals surface area (Å²) in [5.41, 5.74) is 7.05. The highest BCUT2D eigenvalue weighted by atomic mass is 35.5. The molecule has 0 unspecified atom stereocenters. The molecule has 0 aliphatic rings. The fourth-order valence-corrected chi connectivity index (χ4v) is 5.96. The second-order valence-corrected chi connectivity index (χ2v) is 12.3. The van der Waals surface area contributed by atoms with E-state index in [-0.39, 0.29) is 0 Å². The number of nitrogens with zero attached hydrogens (tertiary/aromatic N) is 8. The predicted molar refractivity (Wildman–Crippen MR) is 182 cm³/mol. The summed E-state index contributed by atoms with van der Waals surface area (Å²) >= 11 is 8.95. The van der Waals surface area contributed by atoms with Gasteiger partial charge in [-0.1, -0.05) is 31.5 Å². The molecule has 6 aromatic heterocycles. The molecule has 6 rings (SSSR count). The van der Waals surface area contributed by atoms with Gasteiger partial charge in [-0.05, 0) is 57.9 Å². The highest BCUT2D eigenvalue weighted by Crippen LogP contribution is 2.30. The second kappa shape index (κ2) is 14.6. The number of hydrogen-bond donors (Lipinski definition) is 2. The Hall–Kier alpha value is -4.13. The molecule has 0 bridgehead atoms. The first-order valence-electron chi connectivity index (χ1n) is 14.4. The highest BCUT2D eigenvalue weighted by Gasteiger charge is 2.13. The lowest BCUT2D eigenvalue weighted by atomic mass is 10.2. The van der Waals surface area contributed by atoms with Crippen molar-refractivity contribution in [2.24, 2.45) is 0 Å². The van der Waals surface area contributed by atoms with Gasteiger partial charge >= 0.3 is 0 Å². The zero-order valence-electron chi connectivity index (χ0n) is 25.4. The van der Waals surface area contributed by atoms with Crippen LogP contribution in [0.3, 0.4) is 0 Å². The lowest BCUT2D eigenvalue weighted by Crippen LogP contribution is -1.96. The smallest absolute Gasteiger partial charge is 0.188 e. The summed E-state index contributed by atoms with van der Waals surface area (Å²) in [6.07, 6.45) is 7.87. The summed E-state index contributed by atoms with van der Waals surface area (Å²) in [5.74, 6) is 1.54. The van der Waals surface area contributed by atoms with Gasteiger partial charge in [0.2, 0.25) is 0 Å². The Kier molecular flexibility index (Phi) is 10.4. The van der Waals surface area contributed by atoms with E-state index in [2.05, 4.69) is 72.4 Å². The largest absolute Gasteiger partial charge is 0.316 e. The predicted octanol–water partition coefficient (Wildman–Crippen LogP) is 8.69. The summed E-state index contributed by atoms with van der Waals surface area (Å²) in [5, 5.41) is 21.8. The Bertz CT molecular complexity index is 1800. The maximum absolute atomic E-state index is 5.83. The molecular formula is C31H35ClN10S2. The fraction of sp³-hybridized carbons (Fsp3) is 0.290. The monoisotopic (exact) mass is 646 g/mol. The first kappa shape index (κ1) is 31.3. The van der Waals surface area contributed by atoms with Gasteiger partial charge in [-0.2, -0.15) is 10.2 Å². The van der Waals surface area contributed by atoms with Crippen LogP contribution in [0.1, 0.15) is 43.8 Å². The van der Waals surface area contributed by atoms with Crippen LogP contribution in [0.5, 0.6) is 0 Å². The van der Waals surface area contributed by atoms with Crippen LogP contribution in [0.25, 0.3) is 22.5 Å². The molecule has 0 saturated carbocycles. The van der Waals surface area contributed by atoms with E-state index in [0.29, 0.717) is 5.02 Å². The van der Waals surface area contributed by atoms with E-state index in [0.717, 1.165) is 87.4 Å². The molecule has 0 radical (unpaired) electrons. The lowest BCUT2D eigenvalue weighted by Gasteiger charge is -2.01. The lowest BCUT2D eigenvalue weighted by molar-refractivity contribution is 0.598. The Morgan fingerprint density at radius 1 is 0.727 bits per heavy atom. The van der Waals surface area contributed by atoms with E-state index >= 15 is 0 Å². The van der Waals surface area contributed by atoms with Gasteiger partial charge in [0.1, 0.15) is 11.6 Å². The molecule has 44 heavy (non-hydrogen) atoms. The third-order valence-electron chi connectivity index (χ3n) is 6.44. The summed E-state index contributed by atoms with van der Waals surface area (Å²) in [6.45, 7) is 12.2. The number of pyridine rings is 2. The van der Waals surface area contributed by atoms with Gasteiger partial charge in [-0.15, -0.1) is 22.7 Å². The highest BCUT2D eigenvalue weighted by molar-refractivity contribution is 7.14. The molecule has 6 aromatic rings. The molecule has 0 aromatic carbocycles. The van der Waals surface area contributed by atoms with Crippen LogP contribution in [0.4, 0.5) is 21.9 Å². The molecule has 228 valence electrons. The minimum atomic E-state index is 0.615. The average Bonchev–Trinajstić information content (AvgIpc) is 3.79. The van der Waals surface area contributed by atoms with Crippen LogP contribution < -0.4 is 10.6 Å². The number of hydrogen-bond acceptors (Lipinski definition) is 10. The van der Waals surface area contributed by atoms with Crippen molar-refractivity contribution in [2.75, 3.05) is 10.6 Å². The van der Waals surface area contributed by atoms with Crippen molar-refractivity contribution in [1.29, 1.82) is 0 Å². The maximum atomic E-state index is 5.83. The van der Waals surface area contributed by atoms with Crippen LogP contribution >= 0.6 is 34.3 Å². The summed E-state index contributed by atoms with van der Waals surface area (Å²) in [4.78, 5) is 17.9. The first-order valence-corrected chi connectivity index (χ1v) is 16.5. The normalized spacial score (nSPS) is 10.9. The Balaban J connectivity index is 0.000000175. The molecule has 0 spiro atoms. The van der Waals surface area contributed by atoms with Gasteiger partial charge in [0.15, 0.2) is 10.3 Å². The second-order valence-electron chi connectivity index (χ2n) is 10.1. The molecule has 2 N–H and O–H groups in total. The Morgan fingerprint density at radius 3 is 1.80 bits per heavy atom. The molecule has 0 aliphatic heterocycles. The topological polar surface area (TPSA) is 111 Å². The standard InChI is InChI=1S/C16H19N5S.C15H16ClN5S/c1-4-8-21-9-13(12(3)20-21)14-10-22-16(18-14)19-15-7-5-6-11(2)17-15;1-3-6-21-8-12(10(2)20-21)13-9-22-15(18-13)19-14-5-4-11(16)7-17-14/h5-7,9-10H,4,8H2,1-3H3,(H,17,18,19);4-5,7-9H,3,6H2,1-2H3,(H,17,18,19).